The Kier molecular flexibility index (Phi) is 3.74. The monoisotopic (exact) mass is 262 g/mol. The van der Waals surface area contributed by atoms with Gasteiger partial charge < -0.3 is 9.73 Å². The fourth-order valence-corrected chi connectivity index (χ4v) is 1.93. The summed E-state index contributed by atoms with van der Waals surface area (Å²) in [6, 6.07) is 6.58. The molecular formula is C14H18N2O3. The van der Waals surface area contributed by atoms with Crippen molar-refractivity contribution in [2.75, 3.05) is 0 Å². The molecule has 0 fully saturated rings. The fourth-order valence-electron chi connectivity index (χ4n) is 1.93. The molecule has 2 rings (SSSR count). The number of rotatable bonds is 4. The van der Waals surface area contributed by atoms with Gasteiger partial charge in [0.05, 0.1) is 5.52 Å². The molecule has 0 radical (unpaired) electrons. The van der Waals surface area contributed by atoms with Gasteiger partial charge in [0.15, 0.2) is 5.58 Å². The summed E-state index contributed by atoms with van der Waals surface area (Å²) >= 11 is 0. The number of benzene rings is 1. The zero-order chi connectivity index (χ0) is 14.0. The summed E-state index contributed by atoms with van der Waals surface area (Å²) in [6.45, 7) is 5.62. The van der Waals surface area contributed by atoms with Gasteiger partial charge in [-0.2, -0.15) is 0 Å². The van der Waals surface area contributed by atoms with Crippen molar-refractivity contribution in [1.29, 1.82) is 0 Å². The van der Waals surface area contributed by atoms with E-state index in [4.69, 9.17) is 4.42 Å². The SMILES string of the molecule is CCC(C)NC(=O)C(C)n1c(=O)oc2ccccc21. The predicted molar refractivity (Wildman–Crippen MR) is 73.1 cm³/mol. The zero-order valence-electron chi connectivity index (χ0n) is 11.3. The molecule has 2 unspecified atom stereocenters. The first-order valence-electron chi connectivity index (χ1n) is 6.45. The molecule has 0 aliphatic carbocycles. The van der Waals surface area contributed by atoms with Gasteiger partial charge in [0.1, 0.15) is 6.04 Å². The first-order chi connectivity index (χ1) is 9.04. The van der Waals surface area contributed by atoms with Gasteiger partial charge in [-0.3, -0.25) is 9.36 Å². The largest absolute Gasteiger partial charge is 0.420 e. The van der Waals surface area contributed by atoms with Gasteiger partial charge in [0.2, 0.25) is 5.91 Å². The molecule has 2 atom stereocenters. The minimum absolute atomic E-state index is 0.0869. The Morgan fingerprint density at radius 3 is 2.74 bits per heavy atom. The van der Waals surface area contributed by atoms with Crippen LogP contribution in [0.4, 0.5) is 0 Å². The Morgan fingerprint density at radius 2 is 2.05 bits per heavy atom. The van der Waals surface area contributed by atoms with Crippen LogP contribution in [0.2, 0.25) is 0 Å². The Bertz CT molecular complexity index is 641. The molecule has 1 heterocycles. The molecule has 1 amide bonds. The summed E-state index contributed by atoms with van der Waals surface area (Å²) in [5.74, 6) is -0.684. The number of oxazole rings is 1. The van der Waals surface area contributed by atoms with E-state index < -0.39 is 11.8 Å². The zero-order valence-corrected chi connectivity index (χ0v) is 11.3. The van der Waals surface area contributed by atoms with Crippen LogP contribution in [0.25, 0.3) is 11.1 Å². The molecule has 102 valence electrons. The summed E-state index contributed by atoms with van der Waals surface area (Å²) in [5, 5.41) is 2.87. The van der Waals surface area contributed by atoms with Crippen molar-refractivity contribution < 1.29 is 9.21 Å². The van der Waals surface area contributed by atoms with Gasteiger partial charge in [-0.1, -0.05) is 19.1 Å². The molecule has 0 saturated heterocycles. The van der Waals surface area contributed by atoms with E-state index in [1.54, 1.807) is 25.1 Å². The molecule has 2 aromatic rings. The molecule has 0 saturated carbocycles. The summed E-state index contributed by atoms with van der Waals surface area (Å²) in [7, 11) is 0. The quantitative estimate of drug-likeness (QED) is 0.917. The molecular weight excluding hydrogens is 244 g/mol. The minimum Gasteiger partial charge on any atom is -0.408 e. The van der Waals surface area contributed by atoms with Crippen LogP contribution < -0.4 is 11.1 Å². The standard InChI is InChI=1S/C14H18N2O3/c1-4-9(2)15-13(17)10(3)16-11-7-5-6-8-12(11)19-14(16)18/h5-10H,4H2,1-3H3,(H,15,17). The Balaban J connectivity index is 2.36. The second-order valence-corrected chi connectivity index (χ2v) is 4.70. The van der Waals surface area contributed by atoms with E-state index in [1.165, 1.54) is 4.57 Å². The number of carbonyl (C=O) groups excluding carboxylic acids is 1. The van der Waals surface area contributed by atoms with Crippen LogP contribution in [-0.4, -0.2) is 16.5 Å². The van der Waals surface area contributed by atoms with Crippen LogP contribution in [0, 0.1) is 0 Å². The molecule has 0 spiro atoms. The van der Waals surface area contributed by atoms with Crippen LogP contribution in [0.1, 0.15) is 33.2 Å². The lowest BCUT2D eigenvalue weighted by molar-refractivity contribution is -0.124. The predicted octanol–water partition coefficient (Wildman–Crippen LogP) is 2.07. The maximum atomic E-state index is 12.1. The molecule has 0 bridgehead atoms. The Morgan fingerprint density at radius 1 is 1.37 bits per heavy atom. The Hall–Kier alpha value is -2.04. The van der Waals surface area contributed by atoms with Gasteiger partial charge in [-0.25, -0.2) is 4.79 Å². The normalized spacial score (nSPS) is 14.3. The number of hydrogen-bond donors (Lipinski definition) is 1. The number of aromatic nitrogens is 1. The van der Waals surface area contributed by atoms with Crippen LogP contribution in [-0.2, 0) is 4.79 Å². The number of nitrogens with zero attached hydrogens (tertiary/aromatic N) is 1. The molecule has 0 aliphatic heterocycles. The van der Waals surface area contributed by atoms with Gasteiger partial charge >= 0.3 is 5.76 Å². The smallest absolute Gasteiger partial charge is 0.408 e. The van der Waals surface area contributed by atoms with Crippen LogP contribution in [0.15, 0.2) is 33.5 Å². The molecule has 5 nitrogen and oxygen atoms in total. The summed E-state index contributed by atoms with van der Waals surface area (Å²) in [6.07, 6.45) is 0.847. The van der Waals surface area contributed by atoms with Gasteiger partial charge in [0, 0.05) is 6.04 Å². The first kappa shape index (κ1) is 13.4. The topological polar surface area (TPSA) is 64.2 Å². The highest BCUT2D eigenvalue weighted by atomic mass is 16.4. The second-order valence-electron chi connectivity index (χ2n) is 4.70. The molecule has 5 heteroatoms. The van der Waals surface area contributed by atoms with E-state index in [2.05, 4.69) is 5.32 Å². The molecule has 1 N–H and O–H groups in total. The maximum absolute atomic E-state index is 12.1. The summed E-state index contributed by atoms with van der Waals surface area (Å²) in [5.41, 5.74) is 1.13. The van der Waals surface area contributed by atoms with E-state index in [0.717, 1.165) is 6.42 Å². The lowest BCUT2D eigenvalue weighted by atomic mass is 10.2. The van der Waals surface area contributed by atoms with Crippen molar-refractivity contribution in [3.8, 4) is 0 Å². The van der Waals surface area contributed by atoms with E-state index >= 15 is 0 Å². The highest BCUT2D eigenvalue weighted by Gasteiger charge is 2.21. The second kappa shape index (κ2) is 5.30. The van der Waals surface area contributed by atoms with Crippen LogP contribution in [0.3, 0.4) is 0 Å². The van der Waals surface area contributed by atoms with E-state index in [-0.39, 0.29) is 11.9 Å². The van der Waals surface area contributed by atoms with Crippen molar-refractivity contribution in [3.05, 3.63) is 34.8 Å². The third-order valence-corrected chi connectivity index (χ3v) is 3.29. The van der Waals surface area contributed by atoms with Crippen LogP contribution >= 0.6 is 0 Å². The average Bonchev–Trinajstić information content (AvgIpc) is 2.73. The Labute approximate surface area is 111 Å². The van der Waals surface area contributed by atoms with Gasteiger partial charge in [0.25, 0.3) is 0 Å². The molecule has 1 aromatic carbocycles. The van der Waals surface area contributed by atoms with Crippen molar-refractivity contribution in [2.45, 2.75) is 39.3 Å². The number of fused-ring (bicyclic) bond motifs is 1. The lowest BCUT2D eigenvalue weighted by Crippen LogP contribution is -2.38. The molecule has 0 aliphatic rings. The lowest BCUT2D eigenvalue weighted by Gasteiger charge is -2.16. The van der Waals surface area contributed by atoms with Crippen LogP contribution in [0.5, 0.6) is 0 Å². The average molecular weight is 262 g/mol. The highest BCUT2D eigenvalue weighted by Crippen LogP contribution is 2.16. The van der Waals surface area contributed by atoms with E-state index in [9.17, 15) is 9.59 Å². The number of nitrogens with one attached hydrogen (secondary N) is 1. The molecule has 19 heavy (non-hydrogen) atoms. The number of hydrogen-bond acceptors (Lipinski definition) is 3. The third-order valence-electron chi connectivity index (χ3n) is 3.29. The fraction of sp³-hybridized carbons (Fsp3) is 0.429. The first-order valence-corrected chi connectivity index (χ1v) is 6.45. The van der Waals surface area contributed by atoms with E-state index in [1.807, 2.05) is 19.9 Å². The minimum atomic E-state index is -0.592. The highest BCUT2D eigenvalue weighted by molar-refractivity contribution is 5.83. The summed E-state index contributed by atoms with van der Waals surface area (Å²) in [4.78, 5) is 24.0. The van der Waals surface area contributed by atoms with Crippen molar-refractivity contribution in [3.63, 3.8) is 0 Å². The molecule has 1 aromatic heterocycles. The van der Waals surface area contributed by atoms with Crippen molar-refractivity contribution in [2.24, 2.45) is 0 Å². The van der Waals surface area contributed by atoms with Crippen molar-refractivity contribution in [1.82, 2.24) is 9.88 Å². The van der Waals surface area contributed by atoms with Gasteiger partial charge in [-0.15, -0.1) is 0 Å². The van der Waals surface area contributed by atoms with E-state index in [0.29, 0.717) is 11.1 Å². The number of amides is 1. The number of carbonyl (C=O) groups is 1. The third kappa shape index (κ3) is 2.54. The van der Waals surface area contributed by atoms with Crippen molar-refractivity contribution >= 4 is 17.0 Å². The number of para-hydroxylation sites is 2. The van der Waals surface area contributed by atoms with Gasteiger partial charge in [-0.05, 0) is 32.4 Å². The maximum Gasteiger partial charge on any atom is 0.420 e. The summed E-state index contributed by atoms with van der Waals surface area (Å²) < 4.78 is 6.51.